The summed E-state index contributed by atoms with van der Waals surface area (Å²) in [6.07, 6.45) is -3.20. The Morgan fingerprint density at radius 2 is 2.10 bits per heavy atom. The second-order valence-corrected chi connectivity index (χ2v) is 2.19. The molecule has 4 heteroatoms. The lowest BCUT2D eigenvalue weighted by molar-refractivity contribution is -0.0576. The van der Waals surface area contributed by atoms with Crippen LogP contribution in [0.2, 0.25) is 0 Å². The highest BCUT2D eigenvalue weighted by molar-refractivity contribution is 6.01. The van der Waals surface area contributed by atoms with E-state index in [1.165, 1.54) is 0 Å². The van der Waals surface area contributed by atoms with Crippen molar-refractivity contribution in [3.63, 3.8) is 0 Å². The maximum Gasteiger partial charge on any atom is 0.432 e. The van der Waals surface area contributed by atoms with Crippen LogP contribution in [0.5, 0.6) is 0 Å². The fourth-order valence-corrected chi connectivity index (χ4v) is 0.706. The summed E-state index contributed by atoms with van der Waals surface area (Å²) in [6, 6.07) is 0. The lowest BCUT2D eigenvalue weighted by Gasteiger charge is -2.01. The molecule has 0 saturated carbocycles. The number of hydrogen-bond donors (Lipinski definition) is 0. The van der Waals surface area contributed by atoms with E-state index in [-0.39, 0.29) is 6.54 Å². The molecule has 0 aromatic heterocycles. The molecule has 1 aliphatic heterocycles. The predicted molar refractivity (Wildman–Crippen MR) is 32.1 cm³/mol. The van der Waals surface area contributed by atoms with E-state index in [0.717, 1.165) is 6.08 Å². The van der Waals surface area contributed by atoms with E-state index in [4.69, 9.17) is 0 Å². The van der Waals surface area contributed by atoms with Crippen LogP contribution in [0, 0.1) is 0 Å². The van der Waals surface area contributed by atoms with Crippen molar-refractivity contribution in [3.05, 3.63) is 11.6 Å². The largest absolute Gasteiger partial charge is 0.432 e. The fourth-order valence-electron chi connectivity index (χ4n) is 0.706. The molecular formula is C6H6F3N. The van der Waals surface area contributed by atoms with Crippen LogP contribution >= 0.6 is 0 Å². The van der Waals surface area contributed by atoms with Gasteiger partial charge in [0.2, 0.25) is 0 Å². The number of nitrogens with zero attached hydrogens (tertiary/aromatic N) is 1. The van der Waals surface area contributed by atoms with Gasteiger partial charge in [-0.2, -0.15) is 13.2 Å². The smallest absolute Gasteiger partial charge is 0.276 e. The molecule has 0 aromatic rings. The molecule has 0 bridgehead atoms. The van der Waals surface area contributed by atoms with Crippen molar-refractivity contribution < 1.29 is 13.2 Å². The van der Waals surface area contributed by atoms with Gasteiger partial charge in [0.25, 0.3) is 0 Å². The number of halogens is 3. The minimum atomic E-state index is -4.27. The number of alkyl halides is 3. The van der Waals surface area contributed by atoms with Crippen LogP contribution < -0.4 is 0 Å². The molecule has 10 heavy (non-hydrogen) atoms. The highest BCUT2D eigenvalue weighted by atomic mass is 19.4. The van der Waals surface area contributed by atoms with Crippen LogP contribution in [-0.4, -0.2) is 18.4 Å². The van der Waals surface area contributed by atoms with Gasteiger partial charge < -0.3 is 0 Å². The summed E-state index contributed by atoms with van der Waals surface area (Å²) in [7, 11) is 0. The summed E-state index contributed by atoms with van der Waals surface area (Å²) in [5, 5.41) is 0. The van der Waals surface area contributed by atoms with Crippen molar-refractivity contribution in [3.8, 4) is 0 Å². The maximum absolute atomic E-state index is 11.8. The minimum absolute atomic E-state index is 0.189. The Hall–Kier alpha value is -0.800. The molecule has 1 rings (SSSR count). The van der Waals surface area contributed by atoms with Gasteiger partial charge >= 0.3 is 6.18 Å². The topological polar surface area (TPSA) is 12.4 Å². The van der Waals surface area contributed by atoms with E-state index >= 15 is 0 Å². The Morgan fingerprint density at radius 1 is 1.50 bits per heavy atom. The molecular weight excluding hydrogens is 143 g/mol. The standard InChI is InChI=1S/C6H6F3N/c1-4-2-5(10-3-4)6(7,8)9/h2H,3H2,1H3. The molecule has 0 amide bonds. The number of rotatable bonds is 0. The van der Waals surface area contributed by atoms with Gasteiger partial charge in [-0.05, 0) is 18.6 Å². The molecule has 0 saturated heterocycles. The van der Waals surface area contributed by atoms with E-state index in [1.54, 1.807) is 6.92 Å². The molecule has 0 radical (unpaired) electrons. The third-order valence-corrected chi connectivity index (χ3v) is 1.17. The van der Waals surface area contributed by atoms with E-state index < -0.39 is 11.9 Å². The highest BCUT2D eigenvalue weighted by Crippen LogP contribution is 2.22. The Bertz CT molecular complexity index is 200. The second-order valence-electron chi connectivity index (χ2n) is 2.19. The number of hydrogen-bond acceptors (Lipinski definition) is 1. The Kier molecular flexibility index (Phi) is 1.54. The second kappa shape index (κ2) is 2.11. The van der Waals surface area contributed by atoms with E-state index in [9.17, 15) is 13.2 Å². The SMILES string of the molecule is CC1=CC(C(F)(F)F)=NC1. The van der Waals surface area contributed by atoms with Crippen molar-refractivity contribution in [2.24, 2.45) is 4.99 Å². The van der Waals surface area contributed by atoms with E-state index in [2.05, 4.69) is 4.99 Å². The molecule has 0 atom stereocenters. The molecule has 1 heterocycles. The first-order chi connectivity index (χ1) is 4.50. The molecule has 0 N–H and O–H groups in total. The van der Waals surface area contributed by atoms with Gasteiger partial charge in [-0.25, -0.2) is 0 Å². The summed E-state index contributed by atoms with van der Waals surface area (Å²) in [4.78, 5) is 3.29. The Morgan fingerprint density at radius 3 is 2.30 bits per heavy atom. The van der Waals surface area contributed by atoms with Crippen LogP contribution in [-0.2, 0) is 0 Å². The van der Waals surface area contributed by atoms with Gasteiger partial charge in [-0.1, -0.05) is 0 Å². The van der Waals surface area contributed by atoms with Gasteiger partial charge in [-0.3, -0.25) is 4.99 Å². The number of aliphatic imine (C=N–C) groups is 1. The monoisotopic (exact) mass is 149 g/mol. The van der Waals surface area contributed by atoms with Crippen molar-refractivity contribution in [2.45, 2.75) is 13.1 Å². The van der Waals surface area contributed by atoms with Crippen LogP contribution in [0.1, 0.15) is 6.92 Å². The third kappa shape index (κ3) is 1.37. The lowest BCUT2D eigenvalue weighted by atomic mass is 10.3. The Labute approximate surface area is 56.3 Å². The molecule has 0 unspecified atom stereocenters. The summed E-state index contributed by atoms with van der Waals surface area (Å²) >= 11 is 0. The predicted octanol–water partition coefficient (Wildman–Crippen LogP) is 1.95. The van der Waals surface area contributed by atoms with Crippen LogP contribution in [0.25, 0.3) is 0 Å². The third-order valence-electron chi connectivity index (χ3n) is 1.17. The first kappa shape index (κ1) is 7.31. The van der Waals surface area contributed by atoms with Crippen molar-refractivity contribution in [1.82, 2.24) is 0 Å². The summed E-state index contributed by atoms with van der Waals surface area (Å²) in [5.74, 6) is 0. The zero-order valence-corrected chi connectivity index (χ0v) is 5.37. The zero-order valence-electron chi connectivity index (χ0n) is 5.37. The molecule has 0 aromatic carbocycles. The maximum atomic E-state index is 11.8. The first-order valence-corrected chi connectivity index (χ1v) is 2.79. The van der Waals surface area contributed by atoms with Gasteiger partial charge in [0.1, 0.15) is 5.71 Å². The summed E-state index contributed by atoms with van der Waals surface area (Å²) in [5.41, 5.74) is -0.0997. The van der Waals surface area contributed by atoms with Crippen LogP contribution in [0.15, 0.2) is 16.6 Å². The number of allylic oxidation sites excluding steroid dienone is 1. The average Bonchev–Trinajstić information content (AvgIpc) is 2.11. The van der Waals surface area contributed by atoms with Gasteiger partial charge in [0.15, 0.2) is 0 Å². The minimum Gasteiger partial charge on any atom is -0.276 e. The molecule has 0 aliphatic carbocycles. The zero-order chi connectivity index (χ0) is 7.78. The quantitative estimate of drug-likeness (QED) is 0.499. The average molecular weight is 149 g/mol. The summed E-state index contributed by atoms with van der Waals surface area (Å²) < 4.78 is 35.3. The van der Waals surface area contributed by atoms with Crippen molar-refractivity contribution in [2.75, 3.05) is 6.54 Å². The van der Waals surface area contributed by atoms with E-state index in [0.29, 0.717) is 5.57 Å². The van der Waals surface area contributed by atoms with Crippen molar-refractivity contribution in [1.29, 1.82) is 0 Å². The Balaban J connectivity index is 2.77. The first-order valence-electron chi connectivity index (χ1n) is 2.79. The summed E-state index contributed by atoms with van der Waals surface area (Å²) in [6.45, 7) is 1.82. The van der Waals surface area contributed by atoms with Crippen LogP contribution in [0.3, 0.4) is 0 Å². The molecule has 1 nitrogen and oxygen atoms in total. The molecule has 0 fully saturated rings. The van der Waals surface area contributed by atoms with Gasteiger partial charge in [0.05, 0.1) is 6.54 Å². The molecule has 56 valence electrons. The fraction of sp³-hybridized carbons (Fsp3) is 0.500. The highest BCUT2D eigenvalue weighted by Gasteiger charge is 2.35. The van der Waals surface area contributed by atoms with Gasteiger partial charge in [0, 0.05) is 0 Å². The normalized spacial score (nSPS) is 18.8. The molecule has 1 aliphatic rings. The van der Waals surface area contributed by atoms with Crippen LogP contribution in [0.4, 0.5) is 13.2 Å². The lowest BCUT2D eigenvalue weighted by Crippen LogP contribution is -2.19. The van der Waals surface area contributed by atoms with Crippen molar-refractivity contribution >= 4 is 5.71 Å². The van der Waals surface area contributed by atoms with E-state index in [1.807, 2.05) is 0 Å². The molecule has 0 spiro atoms. The van der Waals surface area contributed by atoms with Gasteiger partial charge in [-0.15, -0.1) is 0 Å².